The van der Waals surface area contributed by atoms with E-state index in [-0.39, 0.29) is 17.9 Å². The highest BCUT2D eigenvalue weighted by molar-refractivity contribution is 5.99. The minimum Gasteiger partial charge on any atom is -0.476 e. The normalized spacial score (nSPS) is 15.8. The summed E-state index contributed by atoms with van der Waals surface area (Å²) in [5, 5.41) is 21.8. The van der Waals surface area contributed by atoms with Crippen molar-refractivity contribution in [1.29, 1.82) is 0 Å². The Morgan fingerprint density at radius 3 is 2.66 bits per heavy atom. The quantitative estimate of drug-likeness (QED) is 0.502. The van der Waals surface area contributed by atoms with E-state index in [2.05, 4.69) is 15.3 Å². The van der Waals surface area contributed by atoms with Crippen LogP contribution in [0.1, 0.15) is 45.8 Å². The highest BCUT2D eigenvalue weighted by Crippen LogP contribution is 2.36. The average Bonchev–Trinajstić information content (AvgIpc) is 3.39. The Kier molecular flexibility index (Phi) is 4.74. The number of ketones is 1. The Morgan fingerprint density at radius 2 is 1.91 bits per heavy atom. The Bertz CT molecular complexity index is 1390. The molecule has 0 spiro atoms. The molecular formula is C25H22N4O3. The van der Waals surface area contributed by atoms with Gasteiger partial charge in [-0.25, -0.2) is 4.79 Å². The molecule has 1 aliphatic heterocycles. The van der Waals surface area contributed by atoms with Crippen LogP contribution in [-0.4, -0.2) is 36.8 Å². The zero-order valence-electron chi connectivity index (χ0n) is 17.8. The summed E-state index contributed by atoms with van der Waals surface area (Å²) in [7, 11) is 0. The van der Waals surface area contributed by atoms with Crippen LogP contribution < -0.4 is 0 Å². The van der Waals surface area contributed by atoms with E-state index in [1.54, 1.807) is 16.9 Å². The van der Waals surface area contributed by atoms with E-state index in [9.17, 15) is 14.7 Å². The number of allylic oxidation sites excluding steroid dienone is 2. The van der Waals surface area contributed by atoms with E-state index in [1.165, 1.54) is 0 Å². The molecule has 1 atom stereocenters. The largest absolute Gasteiger partial charge is 0.476 e. The molecule has 7 heteroatoms. The maximum atomic E-state index is 13.6. The summed E-state index contributed by atoms with van der Waals surface area (Å²) in [6.45, 7) is 3.95. The van der Waals surface area contributed by atoms with Crippen LogP contribution in [0.25, 0.3) is 10.9 Å². The van der Waals surface area contributed by atoms with Gasteiger partial charge in [-0.05, 0) is 43.2 Å². The summed E-state index contributed by atoms with van der Waals surface area (Å²) in [5.74, 6) is -1.07. The number of carboxylic acids is 1. The molecule has 32 heavy (non-hydrogen) atoms. The van der Waals surface area contributed by atoms with Gasteiger partial charge in [0.05, 0.1) is 11.7 Å². The zero-order valence-corrected chi connectivity index (χ0v) is 17.8. The molecule has 0 bridgehead atoms. The van der Waals surface area contributed by atoms with Crippen LogP contribution in [0, 0.1) is 6.92 Å². The van der Waals surface area contributed by atoms with Crippen molar-refractivity contribution < 1.29 is 14.7 Å². The van der Waals surface area contributed by atoms with Crippen molar-refractivity contribution in [2.75, 3.05) is 0 Å². The molecule has 5 rings (SSSR count). The number of nitrogens with one attached hydrogen (secondary N) is 1. The Morgan fingerprint density at radius 1 is 1.12 bits per heavy atom. The average molecular weight is 426 g/mol. The van der Waals surface area contributed by atoms with Gasteiger partial charge < -0.3 is 5.11 Å². The molecule has 0 amide bonds. The third-order valence-electron chi connectivity index (χ3n) is 6.02. The lowest BCUT2D eigenvalue weighted by atomic mass is 9.85. The minimum atomic E-state index is -1.08. The lowest BCUT2D eigenvalue weighted by Crippen LogP contribution is -2.28. The van der Waals surface area contributed by atoms with E-state index >= 15 is 0 Å². The summed E-state index contributed by atoms with van der Waals surface area (Å²) >= 11 is 0. The van der Waals surface area contributed by atoms with Gasteiger partial charge in [0, 0.05) is 29.5 Å². The van der Waals surface area contributed by atoms with Crippen molar-refractivity contribution in [3.05, 3.63) is 94.0 Å². The van der Waals surface area contributed by atoms with Gasteiger partial charge in [-0.1, -0.05) is 41.5 Å². The van der Waals surface area contributed by atoms with Crippen LogP contribution in [-0.2, 0) is 17.6 Å². The lowest BCUT2D eigenvalue weighted by Gasteiger charge is -2.29. The molecule has 0 fully saturated rings. The van der Waals surface area contributed by atoms with Gasteiger partial charge >= 0.3 is 5.97 Å². The number of aryl methyl sites for hydroxylation is 1. The summed E-state index contributed by atoms with van der Waals surface area (Å²) in [5.41, 5.74) is 6.25. The van der Waals surface area contributed by atoms with E-state index < -0.39 is 12.0 Å². The predicted octanol–water partition coefficient (Wildman–Crippen LogP) is 4.04. The minimum absolute atomic E-state index is 0.00828. The first-order valence-corrected chi connectivity index (χ1v) is 10.4. The van der Waals surface area contributed by atoms with E-state index in [0.717, 1.165) is 38.9 Å². The molecular weight excluding hydrogens is 404 g/mol. The van der Waals surface area contributed by atoms with Gasteiger partial charge in [-0.3, -0.25) is 14.6 Å². The molecule has 2 N–H and O–H groups in total. The van der Waals surface area contributed by atoms with Gasteiger partial charge in [0.2, 0.25) is 0 Å². The summed E-state index contributed by atoms with van der Waals surface area (Å²) in [6, 6.07) is 14.9. The Balaban J connectivity index is 1.57. The highest BCUT2D eigenvalue weighted by Gasteiger charge is 2.33. The van der Waals surface area contributed by atoms with Crippen molar-refractivity contribution in [2.45, 2.75) is 32.7 Å². The first-order chi connectivity index (χ1) is 15.4. The SMILES string of the molecule is CC1=C(C(=O)Cc2ccc3[nH]ncc3c2)C(c2ccc(C)cc2)n2nc(C(=O)O)cc2C1. The van der Waals surface area contributed by atoms with Crippen molar-refractivity contribution >= 4 is 22.7 Å². The fraction of sp³-hybridized carbons (Fsp3) is 0.200. The van der Waals surface area contributed by atoms with E-state index in [1.807, 2.05) is 56.3 Å². The zero-order chi connectivity index (χ0) is 22.4. The van der Waals surface area contributed by atoms with Crippen molar-refractivity contribution in [2.24, 2.45) is 0 Å². The maximum Gasteiger partial charge on any atom is 0.356 e. The fourth-order valence-electron chi connectivity index (χ4n) is 4.45. The second-order valence-electron chi connectivity index (χ2n) is 8.35. The molecule has 1 aliphatic rings. The third-order valence-corrected chi connectivity index (χ3v) is 6.02. The van der Waals surface area contributed by atoms with Gasteiger partial charge in [-0.15, -0.1) is 0 Å². The number of benzene rings is 2. The lowest BCUT2D eigenvalue weighted by molar-refractivity contribution is -0.115. The van der Waals surface area contributed by atoms with Crippen LogP contribution in [0.3, 0.4) is 0 Å². The van der Waals surface area contributed by atoms with Crippen molar-refractivity contribution in [3.8, 4) is 0 Å². The van der Waals surface area contributed by atoms with E-state index in [4.69, 9.17) is 0 Å². The molecule has 0 saturated heterocycles. The number of H-pyrrole nitrogens is 1. The number of carbonyl (C=O) groups is 2. The van der Waals surface area contributed by atoms with Crippen LogP contribution >= 0.6 is 0 Å². The number of hydrogen-bond donors (Lipinski definition) is 2. The molecule has 0 radical (unpaired) electrons. The summed E-state index contributed by atoms with van der Waals surface area (Å²) in [6.07, 6.45) is 2.48. The first kappa shape index (κ1) is 19.9. The highest BCUT2D eigenvalue weighted by atomic mass is 16.4. The van der Waals surface area contributed by atoms with Crippen LogP contribution in [0.4, 0.5) is 0 Å². The smallest absolute Gasteiger partial charge is 0.356 e. The molecule has 160 valence electrons. The summed E-state index contributed by atoms with van der Waals surface area (Å²) in [4.78, 5) is 25.2. The molecule has 0 aliphatic carbocycles. The number of aromatic carboxylic acids is 1. The topological polar surface area (TPSA) is 101 Å². The van der Waals surface area contributed by atoms with Gasteiger partial charge in [-0.2, -0.15) is 10.2 Å². The number of fused-ring (bicyclic) bond motifs is 2. The molecule has 7 nitrogen and oxygen atoms in total. The number of aromatic nitrogens is 4. The number of aromatic amines is 1. The van der Waals surface area contributed by atoms with Crippen LogP contribution in [0.5, 0.6) is 0 Å². The van der Waals surface area contributed by atoms with Crippen LogP contribution in [0.2, 0.25) is 0 Å². The molecule has 2 aromatic heterocycles. The number of carboxylic acid groups (broad SMARTS) is 1. The maximum absolute atomic E-state index is 13.6. The van der Waals surface area contributed by atoms with Crippen molar-refractivity contribution in [3.63, 3.8) is 0 Å². The molecule has 1 unspecified atom stereocenters. The van der Waals surface area contributed by atoms with E-state index in [0.29, 0.717) is 12.0 Å². The first-order valence-electron chi connectivity index (χ1n) is 10.4. The fourth-order valence-corrected chi connectivity index (χ4v) is 4.45. The van der Waals surface area contributed by atoms with Crippen molar-refractivity contribution in [1.82, 2.24) is 20.0 Å². The number of Topliss-reactive ketones (excluding diaryl/α,β-unsaturated/α-hetero) is 1. The van der Waals surface area contributed by atoms with Gasteiger partial charge in [0.1, 0.15) is 6.04 Å². The molecule has 4 aromatic rings. The number of carbonyl (C=O) groups excluding carboxylic acids is 1. The predicted molar refractivity (Wildman–Crippen MR) is 120 cm³/mol. The molecule has 0 saturated carbocycles. The number of nitrogens with zero attached hydrogens (tertiary/aromatic N) is 3. The van der Waals surface area contributed by atoms with Gasteiger partial charge in [0.15, 0.2) is 11.5 Å². The van der Waals surface area contributed by atoms with Gasteiger partial charge in [0.25, 0.3) is 0 Å². The molecule has 2 aromatic carbocycles. The Hall–Kier alpha value is -4.00. The number of rotatable bonds is 5. The second kappa shape index (κ2) is 7.60. The standard InChI is InChI=1S/C25H22N4O3/c1-14-3-6-17(7-4-14)24-23(15(2)9-19-12-21(25(31)32)28-29(19)24)22(30)11-16-5-8-20-18(10-16)13-26-27-20/h3-8,10,12-13,24H,9,11H2,1-2H3,(H,26,27)(H,31,32). The third kappa shape index (κ3) is 3.41. The number of hydrogen-bond acceptors (Lipinski definition) is 4. The molecule has 3 heterocycles. The summed E-state index contributed by atoms with van der Waals surface area (Å²) < 4.78 is 1.70. The van der Waals surface area contributed by atoms with Crippen LogP contribution in [0.15, 0.2) is 65.9 Å². The second-order valence-corrected chi connectivity index (χ2v) is 8.35. The monoisotopic (exact) mass is 426 g/mol. The Labute approximate surface area is 184 Å².